The van der Waals surface area contributed by atoms with E-state index in [1.165, 1.54) is 4.63 Å². The molecule has 1 fully saturated rings. The van der Waals surface area contributed by atoms with Crippen molar-refractivity contribution in [3.05, 3.63) is 41.6 Å². The van der Waals surface area contributed by atoms with Gasteiger partial charge in [0.2, 0.25) is 5.88 Å². The van der Waals surface area contributed by atoms with E-state index in [0.29, 0.717) is 28.7 Å². The lowest BCUT2D eigenvalue weighted by Crippen LogP contribution is -2.31. The fourth-order valence-corrected chi connectivity index (χ4v) is 3.56. The molecule has 4 heterocycles. The maximum Gasteiger partial charge on any atom is 0.277 e. The normalized spacial score (nSPS) is 17.8. The second-order valence-electron chi connectivity index (χ2n) is 7.04. The number of amidine groups is 1. The van der Waals surface area contributed by atoms with Crippen molar-refractivity contribution in [3.8, 4) is 17.4 Å². The van der Waals surface area contributed by atoms with E-state index >= 15 is 0 Å². The van der Waals surface area contributed by atoms with Crippen LogP contribution in [0.3, 0.4) is 0 Å². The highest BCUT2D eigenvalue weighted by Crippen LogP contribution is 2.33. The lowest BCUT2D eigenvalue weighted by molar-refractivity contribution is -0.122. The summed E-state index contributed by atoms with van der Waals surface area (Å²) in [5, 5.41) is 15.3. The third-order valence-corrected chi connectivity index (χ3v) is 5.06. The number of carbonyl (C=O) groups is 1. The lowest BCUT2D eigenvalue weighted by atomic mass is 10.1. The molecule has 5 rings (SSSR count). The van der Waals surface area contributed by atoms with Gasteiger partial charge in [-0.15, -0.1) is 14.8 Å². The molecule has 10 nitrogen and oxygen atoms in total. The van der Waals surface area contributed by atoms with Crippen LogP contribution in [-0.4, -0.2) is 55.6 Å². The second-order valence-corrected chi connectivity index (χ2v) is 7.04. The van der Waals surface area contributed by atoms with Gasteiger partial charge >= 0.3 is 0 Å². The summed E-state index contributed by atoms with van der Waals surface area (Å²) < 4.78 is 12.6. The van der Waals surface area contributed by atoms with E-state index in [1.807, 2.05) is 6.07 Å². The van der Waals surface area contributed by atoms with Crippen LogP contribution in [0, 0.1) is 0 Å². The number of hydrogen-bond donors (Lipinski definition) is 0. The molecule has 1 amide bonds. The second kappa shape index (κ2) is 7.54. The first kappa shape index (κ1) is 18.2. The summed E-state index contributed by atoms with van der Waals surface area (Å²) in [6, 6.07) is 8.79. The van der Waals surface area contributed by atoms with Crippen LogP contribution in [0.2, 0.25) is 0 Å². The topological polar surface area (TPSA) is 107 Å². The van der Waals surface area contributed by atoms with Gasteiger partial charge in [0.05, 0.1) is 7.11 Å². The third-order valence-electron chi connectivity index (χ3n) is 5.06. The molecule has 152 valence electrons. The Bertz CT molecular complexity index is 1180. The number of benzene rings is 1. The molecule has 2 aromatic heterocycles. The highest BCUT2D eigenvalue weighted by atomic mass is 16.5. The van der Waals surface area contributed by atoms with Gasteiger partial charge in [-0.3, -0.25) is 9.69 Å². The van der Waals surface area contributed by atoms with Crippen molar-refractivity contribution in [2.24, 2.45) is 4.99 Å². The maximum absolute atomic E-state index is 12.7. The molecule has 2 aliphatic rings. The van der Waals surface area contributed by atoms with Crippen molar-refractivity contribution in [1.82, 2.24) is 30.2 Å². The Morgan fingerprint density at radius 1 is 1.10 bits per heavy atom. The number of ether oxygens (including phenoxy) is 2. The summed E-state index contributed by atoms with van der Waals surface area (Å²) in [6.45, 7) is 0.740. The highest BCUT2D eigenvalue weighted by molar-refractivity contribution is 6.14. The molecule has 0 unspecified atom stereocenters. The van der Waals surface area contributed by atoms with Crippen LogP contribution in [-0.2, 0) is 4.79 Å². The van der Waals surface area contributed by atoms with Crippen molar-refractivity contribution in [1.29, 1.82) is 0 Å². The smallest absolute Gasteiger partial charge is 0.277 e. The predicted octanol–water partition coefficient (Wildman–Crippen LogP) is 2.48. The fraction of sp³-hybridized carbons (Fsp3) is 0.300. The van der Waals surface area contributed by atoms with Crippen molar-refractivity contribution >= 4 is 23.5 Å². The molecule has 0 spiro atoms. The predicted molar refractivity (Wildman–Crippen MR) is 107 cm³/mol. The first-order valence-corrected chi connectivity index (χ1v) is 9.74. The van der Waals surface area contributed by atoms with E-state index in [2.05, 4.69) is 25.6 Å². The van der Waals surface area contributed by atoms with Gasteiger partial charge < -0.3 is 9.47 Å². The SMILES string of the molecule is COc1cc(C=C2N=C3CCCCCN3C2=O)ccc1Oc1ccc2nnnn2n1. The number of rotatable bonds is 4. The number of methoxy groups -OCH3 is 1. The van der Waals surface area contributed by atoms with Crippen LogP contribution in [0.5, 0.6) is 17.4 Å². The molecule has 10 heteroatoms. The Kier molecular flexibility index (Phi) is 4.58. The molecule has 1 saturated heterocycles. The Hall–Kier alpha value is -3.82. The van der Waals surface area contributed by atoms with Gasteiger partial charge in [-0.25, -0.2) is 4.99 Å². The molecule has 0 bridgehead atoms. The van der Waals surface area contributed by atoms with Crippen LogP contribution in [0.1, 0.15) is 31.2 Å². The fourth-order valence-electron chi connectivity index (χ4n) is 3.56. The van der Waals surface area contributed by atoms with Gasteiger partial charge in [0.1, 0.15) is 11.5 Å². The minimum Gasteiger partial charge on any atom is -0.493 e. The van der Waals surface area contributed by atoms with E-state index < -0.39 is 0 Å². The molecule has 2 aliphatic heterocycles. The number of tetrazole rings is 1. The van der Waals surface area contributed by atoms with Crippen LogP contribution >= 0.6 is 0 Å². The molecular weight excluding hydrogens is 386 g/mol. The summed E-state index contributed by atoms with van der Waals surface area (Å²) in [6.07, 6.45) is 5.85. The molecular formula is C20H19N7O3. The zero-order valence-corrected chi connectivity index (χ0v) is 16.4. The molecule has 3 aromatic rings. The van der Waals surface area contributed by atoms with Crippen LogP contribution in [0.4, 0.5) is 0 Å². The molecule has 0 radical (unpaired) electrons. The number of hydrogen-bond acceptors (Lipinski definition) is 8. The number of fused-ring (bicyclic) bond motifs is 2. The van der Waals surface area contributed by atoms with Gasteiger partial charge in [0, 0.05) is 19.0 Å². The lowest BCUT2D eigenvalue weighted by Gasteiger charge is -2.14. The molecule has 0 saturated carbocycles. The van der Waals surface area contributed by atoms with Gasteiger partial charge in [0.25, 0.3) is 5.91 Å². The van der Waals surface area contributed by atoms with Gasteiger partial charge in [0.15, 0.2) is 17.1 Å². The average molecular weight is 405 g/mol. The first-order valence-electron chi connectivity index (χ1n) is 9.74. The van der Waals surface area contributed by atoms with E-state index in [9.17, 15) is 4.79 Å². The van der Waals surface area contributed by atoms with Crippen molar-refractivity contribution in [2.75, 3.05) is 13.7 Å². The number of aliphatic imine (C=N–C) groups is 1. The van der Waals surface area contributed by atoms with E-state index in [4.69, 9.17) is 9.47 Å². The van der Waals surface area contributed by atoms with E-state index in [-0.39, 0.29) is 5.91 Å². The van der Waals surface area contributed by atoms with Crippen LogP contribution in [0.25, 0.3) is 11.7 Å². The Labute approximate surface area is 171 Å². The average Bonchev–Trinajstić information content (AvgIpc) is 3.25. The van der Waals surface area contributed by atoms with Crippen molar-refractivity contribution < 1.29 is 14.3 Å². The number of amides is 1. The Balaban J connectivity index is 1.41. The molecule has 1 aromatic carbocycles. The number of nitrogens with zero attached hydrogens (tertiary/aromatic N) is 7. The molecule has 0 aliphatic carbocycles. The van der Waals surface area contributed by atoms with Crippen LogP contribution < -0.4 is 9.47 Å². The minimum absolute atomic E-state index is 0.0369. The summed E-state index contributed by atoms with van der Waals surface area (Å²) >= 11 is 0. The number of carbonyl (C=O) groups excluding carboxylic acids is 1. The molecule has 0 atom stereocenters. The summed E-state index contributed by atoms with van der Waals surface area (Å²) in [5.74, 6) is 2.16. The van der Waals surface area contributed by atoms with Gasteiger partial charge in [-0.2, -0.15) is 0 Å². The van der Waals surface area contributed by atoms with E-state index in [0.717, 1.165) is 43.6 Å². The summed E-state index contributed by atoms with van der Waals surface area (Å²) in [4.78, 5) is 19.1. The third kappa shape index (κ3) is 3.36. The molecule has 30 heavy (non-hydrogen) atoms. The summed E-state index contributed by atoms with van der Waals surface area (Å²) in [5.41, 5.74) is 1.77. The monoisotopic (exact) mass is 405 g/mol. The molecule has 0 N–H and O–H groups in total. The van der Waals surface area contributed by atoms with Crippen molar-refractivity contribution in [3.63, 3.8) is 0 Å². The Morgan fingerprint density at radius 3 is 2.93 bits per heavy atom. The highest BCUT2D eigenvalue weighted by Gasteiger charge is 2.30. The quantitative estimate of drug-likeness (QED) is 0.614. The maximum atomic E-state index is 12.7. The standard InChI is InChI=1S/C20H19N7O3/c1-29-16-12-13(11-14-20(28)26-10-4-2-3-5-17(26)21-14)6-7-15(16)30-19-9-8-18-22-24-25-27(18)23-19/h6-9,11-12H,2-5,10H2,1H3. The largest absolute Gasteiger partial charge is 0.493 e. The van der Waals surface area contributed by atoms with Crippen molar-refractivity contribution in [2.45, 2.75) is 25.7 Å². The van der Waals surface area contributed by atoms with Gasteiger partial charge in [-0.1, -0.05) is 12.5 Å². The summed E-state index contributed by atoms with van der Waals surface area (Å²) in [7, 11) is 1.56. The number of aromatic nitrogens is 5. The van der Waals surface area contributed by atoms with Gasteiger partial charge in [-0.05, 0) is 53.1 Å². The zero-order valence-electron chi connectivity index (χ0n) is 16.4. The van der Waals surface area contributed by atoms with E-state index in [1.54, 1.807) is 42.4 Å². The Morgan fingerprint density at radius 2 is 2.03 bits per heavy atom. The zero-order chi connectivity index (χ0) is 20.5. The van der Waals surface area contributed by atoms with Crippen LogP contribution in [0.15, 0.2) is 41.0 Å². The minimum atomic E-state index is -0.0369. The first-order chi connectivity index (χ1) is 14.7.